The van der Waals surface area contributed by atoms with Gasteiger partial charge in [0.15, 0.2) is 0 Å². The average Bonchev–Trinajstić information content (AvgIpc) is 3.51. The van der Waals surface area contributed by atoms with Crippen molar-refractivity contribution >= 4 is 44.9 Å². The van der Waals surface area contributed by atoms with E-state index in [9.17, 15) is 0 Å². The van der Waals surface area contributed by atoms with Crippen molar-refractivity contribution in [2.24, 2.45) is 0 Å². The SMILES string of the molecule is C1=Cc2c(ccc3c2c2ccc(N(c4ccccc4)c4ccc(-c5ccc(-c6ccccc6)cc5)cc4)cc2n3-c2ccccc2)CC1. The van der Waals surface area contributed by atoms with Gasteiger partial charge in [0, 0.05) is 33.5 Å². The van der Waals surface area contributed by atoms with Gasteiger partial charge in [-0.2, -0.15) is 0 Å². The summed E-state index contributed by atoms with van der Waals surface area (Å²) in [6, 6.07) is 61.4. The third-order valence-corrected chi connectivity index (χ3v) is 9.65. The molecule has 2 heteroatoms. The number of benzene rings is 7. The number of hydrogen-bond donors (Lipinski definition) is 0. The Balaban J connectivity index is 1.17. The molecule has 1 heterocycles. The highest BCUT2D eigenvalue weighted by Crippen LogP contribution is 2.42. The van der Waals surface area contributed by atoms with Crippen LogP contribution in [0.15, 0.2) is 176 Å². The van der Waals surface area contributed by atoms with Gasteiger partial charge in [-0.3, -0.25) is 0 Å². The zero-order valence-corrected chi connectivity index (χ0v) is 26.6. The molecule has 1 aromatic heterocycles. The molecular weight excluding hydrogens is 581 g/mol. The first-order chi connectivity index (χ1) is 23.8. The van der Waals surface area contributed by atoms with Crippen molar-refractivity contribution in [3.8, 4) is 27.9 Å². The molecule has 0 radical (unpaired) electrons. The molecule has 0 unspecified atom stereocenters. The molecule has 1 aliphatic carbocycles. The first-order valence-electron chi connectivity index (χ1n) is 16.7. The molecular formula is C46H34N2. The minimum atomic E-state index is 1.09. The van der Waals surface area contributed by atoms with Gasteiger partial charge in [-0.15, -0.1) is 0 Å². The first-order valence-corrected chi connectivity index (χ1v) is 16.7. The molecule has 228 valence electrons. The number of nitrogens with zero attached hydrogens (tertiary/aromatic N) is 2. The van der Waals surface area contributed by atoms with Gasteiger partial charge in [0.25, 0.3) is 0 Å². The number of rotatable bonds is 6. The molecule has 0 spiro atoms. The van der Waals surface area contributed by atoms with Crippen LogP contribution in [0.2, 0.25) is 0 Å². The number of hydrogen-bond acceptors (Lipinski definition) is 1. The second kappa shape index (κ2) is 11.9. The molecule has 8 aromatic rings. The minimum absolute atomic E-state index is 1.09. The number of aryl methyl sites for hydroxylation is 1. The number of aromatic nitrogens is 1. The average molecular weight is 615 g/mol. The molecule has 0 saturated carbocycles. The lowest BCUT2D eigenvalue weighted by Crippen LogP contribution is -2.10. The maximum atomic E-state index is 2.43. The lowest BCUT2D eigenvalue weighted by Gasteiger charge is -2.26. The summed E-state index contributed by atoms with van der Waals surface area (Å²) >= 11 is 0. The van der Waals surface area contributed by atoms with E-state index in [2.05, 4.69) is 191 Å². The summed E-state index contributed by atoms with van der Waals surface area (Å²) in [5.74, 6) is 0. The van der Waals surface area contributed by atoms with Crippen molar-refractivity contribution in [2.45, 2.75) is 12.8 Å². The molecule has 48 heavy (non-hydrogen) atoms. The van der Waals surface area contributed by atoms with Crippen LogP contribution in [0, 0.1) is 0 Å². The lowest BCUT2D eigenvalue weighted by molar-refractivity contribution is 0.989. The van der Waals surface area contributed by atoms with Crippen molar-refractivity contribution in [3.05, 3.63) is 187 Å². The van der Waals surface area contributed by atoms with Gasteiger partial charge in [0.1, 0.15) is 0 Å². The van der Waals surface area contributed by atoms with E-state index in [0.29, 0.717) is 0 Å². The highest BCUT2D eigenvalue weighted by molar-refractivity contribution is 6.14. The van der Waals surface area contributed by atoms with Gasteiger partial charge in [-0.1, -0.05) is 127 Å². The van der Waals surface area contributed by atoms with E-state index in [0.717, 1.165) is 29.9 Å². The fourth-order valence-corrected chi connectivity index (χ4v) is 7.32. The number of anilines is 3. The van der Waals surface area contributed by atoms with Gasteiger partial charge in [-0.25, -0.2) is 0 Å². The van der Waals surface area contributed by atoms with Crippen LogP contribution in [0.1, 0.15) is 17.5 Å². The number of allylic oxidation sites excluding steroid dienone is 1. The van der Waals surface area contributed by atoms with Crippen LogP contribution in [-0.2, 0) is 6.42 Å². The Hall–Kier alpha value is -6.12. The van der Waals surface area contributed by atoms with Gasteiger partial charge < -0.3 is 9.47 Å². The van der Waals surface area contributed by atoms with E-state index in [4.69, 9.17) is 0 Å². The molecule has 0 atom stereocenters. The topological polar surface area (TPSA) is 8.17 Å². The van der Waals surface area contributed by atoms with E-state index in [1.54, 1.807) is 0 Å². The normalized spacial score (nSPS) is 12.3. The van der Waals surface area contributed by atoms with E-state index in [-0.39, 0.29) is 0 Å². The summed E-state index contributed by atoms with van der Waals surface area (Å²) in [7, 11) is 0. The van der Waals surface area contributed by atoms with Gasteiger partial charge in [0.05, 0.1) is 11.0 Å². The third kappa shape index (κ3) is 4.90. The van der Waals surface area contributed by atoms with Crippen molar-refractivity contribution < 1.29 is 0 Å². The molecule has 9 rings (SSSR count). The Labute approximate surface area is 281 Å². The zero-order chi connectivity index (χ0) is 31.9. The predicted molar refractivity (Wildman–Crippen MR) is 204 cm³/mol. The van der Waals surface area contributed by atoms with Crippen LogP contribution in [0.5, 0.6) is 0 Å². The summed E-state index contributed by atoms with van der Waals surface area (Å²) in [5, 5.41) is 2.62. The first kappa shape index (κ1) is 28.1. The third-order valence-electron chi connectivity index (χ3n) is 9.65. The Morgan fingerprint density at radius 2 is 1.02 bits per heavy atom. The molecule has 1 aliphatic rings. The van der Waals surface area contributed by atoms with Gasteiger partial charge in [0.2, 0.25) is 0 Å². The molecule has 0 fully saturated rings. The second-order valence-electron chi connectivity index (χ2n) is 12.5. The summed E-state index contributed by atoms with van der Waals surface area (Å²) in [6.07, 6.45) is 6.84. The maximum absolute atomic E-state index is 2.43. The predicted octanol–water partition coefficient (Wildman–Crippen LogP) is 12.5. The van der Waals surface area contributed by atoms with E-state index in [1.807, 2.05) is 0 Å². The second-order valence-corrected chi connectivity index (χ2v) is 12.5. The van der Waals surface area contributed by atoms with Crippen LogP contribution in [-0.4, -0.2) is 4.57 Å². The Morgan fingerprint density at radius 1 is 0.458 bits per heavy atom. The standard InChI is InChI=1S/C46H34N2/c1-4-12-33(13-5-1)34-20-22-35(23-21-34)36-24-27-40(28-25-36)47(38-15-6-2-7-16-38)41-29-30-43-45(32-41)48(39-17-8-3-9-18-39)44-31-26-37-14-10-11-19-42(37)46(43)44/h1-9,11-13,15-32H,10,14H2. The Kier molecular flexibility index (Phi) is 6.98. The molecule has 0 N–H and O–H groups in total. The van der Waals surface area contributed by atoms with Gasteiger partial charge in [-0.05, 0) is 101 Å². The van der Waals surface area contributed by atoms with Crippen LogP contribution in [0.4, 0.5) is 17.1 Å². The maximum Gasteiger partial charge on any atom is 0.0562 e. The fourth-order valence-electron chi connectivity index (χ4n) is 7.32. The van der Waals surface area contributed by atoms with Crippen molar-refractivity contribution in [2.75, 3.05) is 4.90 Å². The Morgan fingerprint density at radius 3 is 1.71 bits per heavy atom. The molecule has 0 amide bonds. The van der Waals surface area contributed by atoms with Crippen LogP contribution in [0.3, 0.4) is 0 Å². The molecule has 0 bridgehead atoms. The largest absolute Gasteiger partial charge is 0.310 e. The summed E-state index contributed by atoms with van der Waals surface area (Å²) < 4.78 is 2.43. The summed E-state index contributed by atoms with van der Waals surface area (Å²) in [4.78, 5) is 2.37. The van der Waals surface area contributed by atoms with Crippen LogP contribution >= 0.6 is 0 Å². The quantitative estimate of drug-likeness (QED) is 0.181. The van der Waals surface area contributed by atoms with E-state index >= 15 is 0 Å². The van der Waals surface area contributed by atoms with E-state index < -0.39 is 0 Å². The highest BCUT2D eigenvalue weighted by atomic mass is 15.1. The summed E-state index contributed by atoms with van der Waals surface area (Å²) in [6.45, 7) is 0. The zero-order valence-electron chi connectivity index (χ0n) is 26.6. The van der Waals surface area contributed by atoms with Crippen molar-refractivity contribution in [1.29, 1.82) is 0 Å². The fraction of sp³-hybridized carbons (Fsp3) is 0.0435. The number of para-hydroxylation sites is 2. The van der Waals surface area contributed by atoms with Crippen molar-refractivity contribution in [1.82, 2.24) is 4.57 Å². The monoisotopic (exact) mass is 614 g/mol. The lowest BCUT2D eigenvalue weighted by atomic mass is 9.93. The van der Waals surface area contributed by atoms with E-state index in [1.165, 1.54) is 60.9 Å². The van der Waals surface area contributed by atoms with Crippen molar-refractivity contribution in [3.63, 3.8) is 0 Å². The molecule has 0 saturated heterocycles. The molecule has 7 aromatic carbocycles. The Bertz CT molecular complexity index is 2400. The highest BCUT2D eigenvalue weighted by Gasteiger charge is 2.20. The number of fused-ring (bicyclic) bond motifs is 5. The molecule has 2 nitrogen and oxygen atoms in total. The van der Waals surface area contributed by atoms with Crippen LogP contribution in [0.25, 0.3) is 55.8 Å². The molecule has 0 aliphatic heterocycles. The van der Waals surface area contributed by atoms with Gasteiger partial charge >= 0.3 is 0 Å². The summed E-state index contributed by atoms with van der Waals surface area (Å²) in [5.41, 5.74) is 14.6. The minimum Gasteiger partial charge on any atom is -0.310 e. The smallest absolute Gasteiger partial charge is 0.0562 e. The van der Waals surface area contributed by atoms with Crippen LogP contribution < -0.4 is 4.90 Å².